The van der Waals surface area contributed by atoms with Gasteiger partial charge in [-0.15, -0.1) is 0 Å². The number of aryl methyl sites for hydroxylation is 1. The van der Waals surface area contributed by atoms with E-state index in [1.54, 1.807) is 0 Å². The van der Waals surface area contributed by atoms with Gasteiger partial charge in [-0.25, -0.2) is 0 Å². The summed E-state index contributed by atoms with van der Waals surface area (Å²) in [6.45, 7) is 1.60. The van der Waals surface area contributed by atoms with E-state index in [0.29, 0.717) is 12.3 Å². The fourth-order valence-electron chi connectivity index (χ4n) is 3.89. The van der Waals surface area contributed by atoms with Crippen LogP contribution in [0.2, 0.25) is 0 Å². The molecule has 0 aromatic carbocycles. The molecule has 0 atom stereocenters. The molecule has 1 aliphatic heterocycles. The van der Waals surface area contributed by atoms with Crippen molar-refractivity contribution in [3.63, 3.8) is 0 Å². The number of aromatic nitrogens is 2. The van der Waals surface area contributed by atoms with Crippen molar-refractivity contribution in [3.8, 4) is 0 Å². The van der Waals surface area contributed by atoms with Crippen LogP contribution in [0, 0.1) is 0 Å². The molecule has 1 aliphatic carbocycles. The van der Waals surface area contributed by atoms with E-state index < -0.39 is 5.60 Å². The highest BCUT2D eigenvalue weighted by Crippen LogP contribution is 2.33. The maximum atomic E-state index is 12.5. The van der Waals surface area contributed by atoms with Gasteiger partial charge in [0.2, 0.25) is 5.91 Å². The van der Waals surface area contributed by atoms with Gasteiger partial charge in [0.25, 0.3) is 0 Å². The highest BCUT2D eigenvalue weighted by Gasteiger charge is 2.34. The normalized spacial score (nSPS) is 22.7. The van der Waals surface area contributed by atoms with Crippen LogP contribution < -0.4 is 0 Å². The fourth-order valence-corrected chi connectivity index (χ4v) is 3.89. The molecule has 2 aliphatic rings. The Balaban J connectivity index is 1.51. The van der Waals surface area contributed by atoms with Crippen LogP contribution in [0.5, 0.6) is 0 Å². The molecule has 5 nitrogen and oxygen atoms in total. The van der Waals surface area contributed by atoms with Gasteiger partial charge in [0.15, 0.2) is 0 Å². The van der Waals surface area contributed by atoms with Crippen LogP contribution in [0.3, 0.4) is 0 Å². The van der Waals surface area contributed by atoms with Crippen LogP contribution in [0.1, 0.15) is 62.8 Å². The standard InChI is InChI=1S/C17H27N3O2/c1-19-13-15(12-18-19)14-5-9-20(10-6-14)16(21)11-17(22)7-3-2-4-8-17/h12-14,22H,2-11H2,1H3. The summed E-state index contributed by atoms with van der Waals surface area (Å²) in [6, 6.07) is 0. The second-order valence-electron chi connectivity index (χ2n) is 7.06. The van der Waals surface area contributed by atoms with Crippen molar-refractivity contribution in [3.05, 3.63) is 18.0 Å². The number of carbonyl (C=O) groups is 1. The van der Waals surface area contributed by atoms with E-state index in [2.05, 4.69) is 11.3 Å². The summed E-state index contributed by atoms with van der Waals surface area (Å²) in [5.41, 5.74) is 0.538. The third-order valence-electron chi connectivity index (χ3n) is 5.31. The molecule has 1 aromatic rings. The number of hydrogen-bond acceptors (Lipinski definition) is 3. The lowest BCUT2D eigenvalue weighted by molar-refractivity contribution is -0.138. The first-order valence-electron chi connectivity index (χ1n) is 8.54. The number of nitrogens with zero attached hydrogens (tertiary/aromatic N) is 3. The topological polar surface area (TPSA) is 58.4 Å². The van der Waals surface area contributed by atoms with Gasteiger partial charge in [-0.1, -0.05) is 19.3 Å². The zero-order valence-corrected chi connectivity index (χ0v) is 13.5. The average Bonchev–Trinajstić information content (AvgIpc) is 2.94. The SMILES string of the molecule is Cn1cc(C2CCN(C(=O)CC3(O)CCCCC3)CC2)cn1. The Kier molecular flexibility index (Phi) is 4.52. The first-order chi connectivity index (χ1) is 10.6. The largest absolute Gasteiger partial charge is 0.389 e. The van der Waals surface area contributed by atoms with Gasteiger partial charge in [-0.3, -0.25) is 9.48 Å². The van der Waals surface area contributed by atoms with E-state index in [4.69, 9.17) is 0 Å². The summed E-state index contributed by atoms with van der Waals surface area (Å²) in [5, 5.41) is 14.8. The third-order valence-corrected chi connectivity index (χ3v) is 5.31. The van der Waals surface area contributed by atoms with Crippen molar-refractivity contribution in [1.82, 2.24) is 14.7 Å². The van der Waals surface area contributed by atoms with E-state index in [-0.39, 0.29) is 5.91 Å². The van der Waals surface area contributed by atoms with Crippen molar-refractivity contribution in [1.29, 1.82) is 0 Å². The Morgan fingerprint density at radius 2 is 2.00 bits per heavy atom. The molecule has 1 saturated carbocycles. The van der Waals surface area contributed by atoms with Crippen molar-refractivity contribution in [2.75, 3.05) is 13.1 Å². The van der Waals surface area contributed by atoms with E-state index in [1.807, 2.05) is 22.8 Å². The van der Waals surface area contributed by atoms with Crippen molar-refractivity contribution < 1.29 is 9.90 Å². The molecule has 2 fully saturated rings. The molecule has 0 radical (unpaired) electrons. The Hall–Kier alpha value is -1.36. The number of piperidine rings is 1. The Morgan fingerprint density at radius 1 is 1.32 bits per heavy atom. The first kappa shape index (κ1) is 15.5. The van der Waals surface area contributed by atoms with Gasteiger partial charge in [0, 0.05) is 26.3 Å². The maximum absolute atomic E-state index is 12.5. The monoisotopic (exact) mass is 305 g/mol. The third kappa shape index (κ3) is 3.51. The van der Waals surface area contributed by atoms with Gasteiger partial charge in [-0.05, 0) is 37.2 Å². The second-order valence-corrected chi connectivity index (χ2v) is 7.06. The van der Waals surface area contributed by atoms with E-state index >= 15 is 0 Å². The number of rotatable bonds is 3. The highest BCUT2D eigenvalue weighted by atomic mass is 16.3. The molecule has 22 heavy (non-hydrogen) atoms. The molecule has 3 rings (SSSR count). The number of hydrogen-bond donors (Lipinski definition) is 1. The molecule has 5 heteroatoms. The molecule has 1 N–H and O–H groups in total. The van der Waals surface area contributed by atoms with E-state index in [0.717, 1.165) is 51.6 Å². The van der Waals surface area contributed by atoms with Crippen LogP contribution in [0.25, 0.3) is 0 Å². The molecule has 0 spiro atoms. The maximum Gasteiger partial charge on any atom is 0.225 e. The summed E-state index contributed by atoms with van der Waals surface area (Å²) in [7, 11) is 1.94. The lowest BCUT2D eigenvalue weighted by Gasteiger charge is -2.36. The first-order valence-corrected chi connectivity index (χ1v) is 8.54. The number of carbonyl (C=O) groups excluding carboxylic acids is 1. The van der Waals surface area contributed by atoms with Gasteiger partial charge in [0.1, 0.15) is 0 Å². The smallest absolute Gasteiger partial charge is 0.225 e. The van der Waals surface area contributed by atoms with E-state index in [9.17, 15) is 9.90 Å². The minimum absolute atomic E-state index is 0.133. The minimum Gasteiger partial charge on any atom is -0.389 e. The minimum atomic E-state index is -0.741. The van der Waals surface area contributed by atoms with Crippen LogP contribution >= 0.6 is 0 Å². The lowest BCUT2D eigenvalue weighted by atomic mass is 9.82. The molecular formula is C17H27N3O2. The number of aliphatic hydroxyl groups is 1. The summed E-state index contributed by atoms with van der Waals surface area (Å²) in [4.78, 5) is 14.4. The summed E-state index contributed by atoms with van der Waals surface area (Å²) >= 11 is 0. The predicted octanol–water partition coefficient (Wildman–Crippen LogP) is 2.21. The van der Waals surface area contributed by atoms with Crippen molar-refractivity contribution in [2.45, 2.75) is 62.9 Å². The fraction of sp³-hybridized carbons (Fsp3) is 0.765. The molecule has 0 bridgehead atoms. The highest BCUT2D eigenvalue weighted by molar-refractivity contribution is 5.77. The van der Waals surface area contributed by atoms with E-state index in [1.165, 1.54) is 12.0 Å². The molecular weight excluding hydrogens is 278 g/mol. The average molecular weight is 305 g/mol. The van der Waals surface area contributed by atoms with Crippen molar-refractivity contribution in [2.24, 2.45) is 7.05 Å². The quantitative estimate of drug-likeness (QED) is 0.931. The molecule has 0 unspecified atom stereocenters. The lowest BCUT2D eigenvalue weighted by Crippen LogP contribution is -2.43. The summed E-state index contributed by atoms with van der Waals surface area (Å²) in [5.74, 6) is 0.643. The van der Waals surface area contributed by atoms with Crippen molar-refractivity contribution >= 4 is 5.91 Å². The molecule has 1 saturated heterocycles. The molecule has 122 valence electrons. The molecule has 1 aromatic heterocycles. The van der Waals surface area contributed by atoms with Crippen LogP contribution in [-0.4, -0.2) is 44.4 Å². The van der Waals surface area contributed by atoms with Crippen LogP contribution in [0.4, 0.5) is 0 Å². The van der Waals surface area contributed by atoms with Gasteiger partial charge in [-0.2, -0.15) is 5.10 Å². The summed E-state index contributed by atoms with van der Waals surface area (Å²) in [6.07, 6.45) is 11.2. The zero-order chi connectivity index (χ0) is 15.6. The Morgan fingerprint density at radius 3 is 2.59 bits per heavy atom. The van der Waals surface area contributed by atoms with Gasteiger partial charge in [0.05, 0.1) is 18.2 Å². The van der Waals surface area contributed by atoms with Gasteiger partial charge >= 0.3 is 0 Å². The number of likely N-dealkylation sites (tertiary alicyclic amines) is 1. The second kappa shape index (κ2) is 6.41. The van der Waals surface area contributed by atoms with Crippen LogP contribution in [-0.2, 0) is 11.8 Å². The predicted molar refractivity (Wildman–Crippen MR) is 84.4 cm³/mol. The molecule has 1 amide bonds. The Labute approximate surface area is 132 Å². The molecule has 2 heterocycles. The zero-order valence-electron chi connectivity index (χ0n) is 13.5. The Bertz CT molecular complexity index is 512. The van der Waals surface area contributed by atoms with Gasteiger partial charge < -0.3 is 10.0 Å². The van der Waals surface area contributed by atoms with Crippen LogP contribution in [0.15, 0.2) is 12.4 Å². The summed E-state index contributed by atoms with van der Waals surface area (Å²) < 4.78 is 1.84. The number of amides is 1.